The van der Waals surface area contributed by atoms with E-state index in [1.807, 2.05) is 19.1 Å². The van der Waals surface area contributed by atoms with Gasteiger partial charge in [0.05, 0.1) is 16.9 Å². The first-order valence-corrected chi connectivity index (χ1v) is 8.98. The van der Waals surface area contributed by atoms with Crippen LogP contribution in [0.2, 0.25) is 5.02 Å². The summed E-state index contributed by atoms with van der Waals surface area (Å²) in [4.78, 5) is 27.9. The van der Waals surface area contributed by atoms with E-state index in [-0.39, 0.29) is 17.5 Å². The van der Waals surface area contributed by atoms with Crippen LogP contribution in [0.3, 0.4) is 0 Å². The van der Waals surface area contributed by atoms with Gasteiger partial charge in [0, 0.05) is 17.6 Å². The number of fused-ring (bicyclic) bond motifs is 1. The second-order valence-corrected chi connectivity index (χ2v) is 6.86. The van der Waals surface area contributed by atoms with Gasteiger partial charge in [-0.25, -0.2) is 0 Å². The Morgan fingerprint density at radius 1 is 1.27 bits per heavy atom. The number of nitrogens with zero attached hydrogens (tertiary/aromatic N) is 1. The SMILES string of the molecule is CCC(NC(=O)c1ccc2c(=O)n(C)c(=S)[nH]c2c1)c1ccc(Cl)cc1. The third-order valence-electron chi connectivity index (χ3n) is 4.35. The highest BCUT2D eigenvalue weighted by Crippen LogP contribution is 2.20. The van der Waals surface area contributed by atoms with Gasteiger partial charge >= 0.3 is 0 Å². The number of nitrogens with one attached hydrogen (secondary N) is 2. The first kappa shape index (κ1) is 18.4. The van der Waals surface area contributed by atoms with E-state index in [9.17, 15) is 9.59 Å². The summed E-state index contributed by atoms with van der Waals surface area (Å²) in [5.74, 6) is -0.214. The maximum atomic E-state index is 12.7. The third kappa shape index (κ3) is 3.57. The van der Waals surface area contributed by atoms with Crippen molar-refractivity contribution in [2.45, 2.75) is 19.4 Å². The van der Waals surface area contributed by atoms with Gasteiger partial charge in [-0.1, -0.05) is 30.7 Å². The second kappa shape index (κ2) is 7.43. The van der Waals surface area contributed by atoms with Crippen molar-refractivity contribution in [3.63, 3.8) is 0 Å². The van der Waals surface area contributed by atoms with Crippen LogP contribution in [0, 0.1) is 4.77 Å². The van der Waals surface area contributed by atoms with Gasteiger partial charge in [-0.3, -0.25) is 14.2 Å². The van der Waals surface area contributed by atoms with Crippen LogP contribution in [0.1, 0.15) is 35.3 Å². The Kier molecular flexibility index (Phi) is 5.25. The molecule has 5 nitrogen and oxygen atoms in total. The van der Waals surface area contributed by atoms with E-state index in [2.05, 4.69) is 10.3 Å². The molecule has 1 unspecified atom stereocenters. The van der Waals surface area contributed by atoms with Gasteiger partial charge in [0.1, 0.15) is 0 Å². The highest BCUT2D eigenvalue weighted by Gasteiger charge is 2.15. The summed E-state index contributed by atoms with van der Waals surface area (Å²) in [5, 5.41) is 4.16. The fraction of sp³-hybridized carbons (Fsp3) is 0.211. The number of H-pyrrole nitrogens is 1. The molecule has 0 saturated carbocycles. The number of aromatic nitrogens is 2. The lowest BCUT2D eigenvalue weighted by molar-refractivity contribution is 0.0935. The van der Waals surface area contributed by atoms with Gasteiger partial charge in [0.15, 0.2) is 4.77 Å². The van der Waals surface area contributed by atoms with Crippen LogP contribution in [0.5, 0.6) is 0 Å². The minimum Gasteiger partial charge on any atom is -0.345 e. The molecule has 1 atom stereocenters. The number of benzene rings is 2. The third-order valence-corrected chi connectivity index (χ3v) is 4.98. The van der Waals surface area contributed by atoms with E-state index in [1.165, 1.54) is 4.57 Å². The highest BCUT2D eigenvalue weighted by molar-refractivity contribution is 7.71. The predicted octanol–water partition coefficient (Wildman–Crippen LogP) is 4.13. The monoisotopic (exact) mass is 387 g/mol. The predicted molar refractivity (Wildman–Crippen MR) is 106 cm³/mol. The summed E-state index contributed by atoms with van der Waals surface area (Å²) in [6.07, 6.45) is 0.740. The number of hydrogen-bond acceptors (Lipinski definition) is 3. The Balaban J connectivity index is 1.91. The molecule has 26 heavy (non-hydrogen) atoms. The van der Waals surface area contributed by atoms with Crippen LogP contribution in [-0.2, 0) is 7.05 Å². The number of halogens is 1. The molecule has 0 saturated heterocycles. The molecule has 0 fully saturated rings. The molecule has 0 aliphatic carbocycles. The molecule has 134 valence electrons. The van der Waals surface area contributed by atoms with Gasteiger partial charge in [-0.2, -0.15) is 0 Å². The van der Waals surface area contributed by atoms with Crippen LogP contribution in [0.4, 0.5) is 0 Å². The van der Waals surface area contributed by atoms with Crippen LogP contribution in [-0.4, -0.2) is 15.5 Å². The first-order chi connectivity index (χ1) is 12.4. The van der Waals surface area contributed by atoms with Crippen molar-refractivity contribution in [1.29, 1.82) is 0 Å². The Hall–Kier alpha value is -2.44. The van der Waals surface area contributed by atoms with E-state index in [4.69, 9.17) is 23.8 Å². The van der Waals surface area contributed by atoms with Crippen LogP contribution >= 0.6 is 23.8 Å². The van der Waals surface area contributed by atoms with Crippen molar-refractivity contribution < 1.29 is 4.79 Å². The van der Waals surface area contributed by atoms with Crippen molar-refractivity contribution in [1.82, 2.24) is 14.9 Å². The molecule has 1 amide bonds. The smallest absolute Gasteiger partial charge is 0.261 e. The zero-order valence-electron chi connectivity index (χ0n) is 14.4. The van der Waals surface area contributed by atoms with Crippen LogP contribution in [0.15, 0.2) is 47.3 Å². The topological polar surface area (TPSA) is 66.9 Å². The van der Waals surface area contributed by atoms with E-state index < -0.39 is 0 Å². The highest BCUT2D eigenvalue weighted by atomic mass is 35.5. The number of rotatable bonds is 4. The molecule has 3 rings (SSSR count). The van der Waals surface area contributed by atoms with Gasteiger partial charge in [0.25, 0.3) is 11.5 Å². The van der Waals surface area contributed by atoms with Gasteiger partial charge < -0.3 is 10.3 Å². The van der Waals surface area contributed by atoms with Gasteiger partial charge in [-0.15, -0.1) is 0 Å². The molecule has 1 heterocycles. The molecule has 0 radical (unpaired) electrons. The summed E-state index contributed by atoms with van der Waals surface area (Å²) < 4.78 is 1.68. The molecule has 0 spiro atoms. The summed E-state index contributed by atoms with van der Waals surface area (Å²) in [7, 11) is 1.61. The minimum absolute atomic E-state index is 0.127. The standard InChI is InChI=1S/C19H18ClN3O2S/c1-3-15(11-4-7-13(20)8-5-11)21-17(24)12-6-9-14-16(10-12)22-19(26)23(2)18(14)25/h4-10,15H,3H2,1-2H3,(H,21,24)(H,22,26). The van der Waals surface area contributed by atoms with Crippen molar-refractivity contribution in [3.8, 4) is 0 Å². The zero-order valence-corrected chi connectivity index (χ0v) is 15.9. The first-order valence-electron chi connectivity index (χ1n) is 8.20. The maximum absolute atomic E-state index is 12.7. The molecule has 3 aromatic rings. The molecule has 1 aromatic heterocycles. The quantitative estimate of drug-likeness (QED) is 0.661. The number of carbonyl (C=O) groups is 1. The Morgan fingerprint density at radius 3 is 2.62 bits per heavy atom. The Labute approximate surface area is 160 Å². The molecule has 0 aliphatic rings. The fourth-order valence-corrected chi connectivity index (χ4v) is 3.12. The van der Waals surface area contributed by atoms with E-state index >= 15 is 0 Å². The largest absolute Gasteiger partial charge is 0.345 e. The number of amides is 1. The Bertz CT molecular complexity index is 1090. The average Bonchev–Trinajstić information content (AvgIpc) is 2.64. The van der Waals surface area contributed by atoms with Crippen molar-refractivity contribution in [3.05, 3.63) is 73.7 Å². The van der Waals surface area contributed by atoms with E-state index in [0.717, 1.165) is 12.0 Å². The van der Waals surface area contributed by atoms with Gasteiger partial charge in [-0.05, 0) is 54.5 Å². The van der Waals surface area contributed by atoms with Crippen LogP contribution in [0.25, 0.3) is 10.9 Å². The average molecular weight is 388 g/mol. The number of carbonyl (C=O) groups excluding carboxylic acids is 1. The van der Waals surface area contributed by atoms with E-state index in [0.29, 0.717) is 26.3 Å². The lowest BCUT2D eigenvalue weighted by Gasteiger charge is -2.18. The normalized spacial score (nSPS) is 12.1. The second-order valence-electron chi connectivity index (χ2n) is 6.04. The van der Waals surface area contributed by atoms with Crippen molar-refractivity contribution in [2.75, 3.05) is 0 Å². The minimum atomic E-state index is -0.214. The molecule has 2 N–H and O–H groups in total. The molecular formula is C19H18ClN3O2S. The number of hydrogen-bond donors (Lipinski definition) is 2. The van der Waals surface area contributed by atoms with Crippen molar-refractivity contribution in [2.24, 2.45) is 7.05 Å². The summed E-state index contributed by atoms with van der Waals surface area (Å²) in [6, 6.07) is 12.2. The molecule has 2 aromatic carbocycles. The summed E-state index contributed by atoms with van der Waals surface area (Å²) >= 11 is 11.1. The number of aromatic amines is 1. The molecule has 0 aliphatic heterocycles. The van der Waals surface area contributed by atoms with Crippen molar-refractivity contribution >= 4 is 40.6 Å². The van der Waals surface area contributed by atoms with Crippen LogP contribution < -0.4 is 10.9 Å². The van der Waals surface area contributed by atoms with E-state index in [1.54, 1.807) is 37.4 Å². The summed E-state index contributed by atoms with van der Waals surface area (Å²) in [5.41, 5.74) is 1.80. The summed E-state index contributed by atoms with van der Waals surface area (Å²) in [6.45, 7) is 2.00. The molecule has 7 heteroatoms. The Morgan fingerprint density at radius 2 is 1.96 bits per heavy atom. The molecular weight excluding hydrogens is 370 g/mol. The fourth-order valence-electron chi connectivity index (χ4n) is 2.81. The lowest BCUT2D eigenvalue weighted by atomic mass is 10.0. The maximum Gasteiger partial charge on any atom is 0.261 e. The molecule has 0 bridgehead atoms. The zero-order chi connectivity index (χ0) is 18.8. The van der Waals surface area contributed by atoms with Gasteiger partial charge in [0.2, 0.25) is 0 Å². The lowest BCUT2D eigenvalue weighted by Crippen LogP contribution is -2.28.